The Bertz CT molecular complexity index is 980. The molecule has 0 unspecified atom stereocenters. The molecule has 0 amide bonds. The van der Waals surface area contributed by atoms with E-state index in [0.29, 0.717) is 10.8 Å². The standard InChI is InChI=1S/C16H14O6S/c1-16(2,3)12-5-4-9-13-10(12)6-8(23(19,20)21)7-11(13)15(18)22-14(9)17/h4-7H,1-3H3,(H,19,20,21). The van der Waals surface area contributed by atoms with Crippen LogP contribution < -0.4 is 0 Å². The van der Waals surface area contributed by atoms with Gasteiger partial charge in [0.1, 0.15) is 0 Å². The first-order chi connectivity index (χ1) is 10.5. The van der Waals surface area contributed by atoms with Crippen LogP contribution in [0.2, 0.25) is 0 Å². The molecule has 1 aliphatic rings. The van der Waals surface area contributed by atoms with Gasteiger partial charge in [-0.2, -0.15) is 8.42 Å². The van der Waals surface area contributed by atoms with E-state index < -0.39 is 27.0 Å². The van der Waals surface area contributed by atoms with Crippen LogP contribution in [0.3, 0.4) is 0 Å². The normalized spacial score (nSPS) is 15.0. The summed E-state index contributed by atoms with van der Waals surface area (Å²) in [6.45, 7) is 5.77. The van der Waals surface area contributed by atoms with Crippen LogP contribution in [0.25, 0.3) is 10.8 Å². The molecule has 0 saturated carbocycles. The van der Waals surface area contributed by atoms with Crippen LogP contribution in [-0.2, 0) is 20.3 Å². The van der Waals surface area contributed by atoms with Gasteiger partial charge in [0.25, 0.3) is 10.1 Å². The molecule has 120 valence electrons. The molecule has 1 heterocycles. The summed E-state index contributed by atoms with van der Waals surface area (Å²) in [5.41, 5.74) is 0.545. The van der Waals surface area contributed by atoms with Gasteiger partial charge in [-0.3, -0.25) is 4.55 Å². The van der Waals surface area contributed by atoms with Crippen LogP contribution in [0.1, 0.15) is 47.1 Å². The molecule has 0 bridgehead atoms. The molecular weight excluding hydrogens is 320 g/mol. The average Bonchev–Trinajstić information content (AvgIpc) is 2.41. The monoisotopic (exact) mass is 334 g/mol. The van der Waals surface area contributed by atoms with E-state index >= 15 is 0 Å². The Kier molecular flexibility index (Phi) is 3.14. The van der Waals surface area contributed by atoms with Crippen molar-refractivity contribution in [1.82, 2.24) is 0 Å². The van der Waals surface area contributed by atoms with Gasteiger partial charge in [-0.25, -0.2) is 9.59 Å². The molecule has 6 nitrogen and oxygen atoms in total. The first-order valence-corrected chi connectivity index (χ1v) is 8.29. The van der Waals surface area contributed by atoms with Gasteiger partial charge >= 0.3 is 11.9 Å². The lowest BCUT2D eigenvalue weighted by molar-refractivity contribution is 0.0391. The van der Waals surface area contributed by atoms with Crippen molar-refractivity contribution in [1.29, 1.82) is 0 Å². The highest BCUT2D eigenvalue weighted by Gasteiger charge is 2.31. The summed E-state index contributed by atoms with van der Waals surface area (Å²) in [4.78, 5) is 23.5. The Morgan fingerprint density at radius 1 is 1.00 bits per heavy atom. The Balaban J connectivity index is 2.57. The predicted octanol–water partition coefficient (Wildman–Crippen LogP) is 2.69. The molecule has 7 heteroatoms. The zero-order valence-electron chi connectivity index (χ0n) is 12.7. The summed E-state index contributed by atoms with van der Waals surface area (Å²) >= 11 is 0. The van der Waals surface area contributed by atoms with Gasteiger partial charge in [0.15, 0.2) is 0 Å². The second-order valence-electron chi connectivity index (χ2n) is 6.46. The van der Waals surface area contributed by atoms with Gasteiger partial charge in [-0.15, -0.1) is 0 Å². The first kappa shape index (κ1) is 15.6. The fourth-order valence-electron chi connectivity index (χ4n) is 2.79. The number of ether oxygens (including phenoxy) is 1. The molecule has 1 aliphatic heterocycles. The summed E-state index contributed by atoms with van der Waals surface area (Å²) in [5.74, 6) is -1.70. The highest BCUT2D eigenvalue weighted by Crippen LogP contribution is 2.37. The second-order valence-corrected chi connectivity index (χ2v) is 7.88. The van der Waals surface area contributed by atoms with E-state index in [4.69, 9.17) is 0 Å². The van der Waals surface area contributed by atoms with E-state index in [1.807, 2.05) is 20.8 Å². The quantitative estimate of drug-likeness (QED) is 0.489. The number of cyclic esters (lactones) is 2. The van der Waals surface area contributed by atoms with Gasteiger partial charge in [-0.1, -0.05) is 26.8 Å². The fourth-order valence-corrected chi connectivity index (χ4v) is 3.32. The van der Waals surface area contributed by atoms with E-state index in [9.17, 15) is 22.6 Å². The molecular formula is C16H14O6S. The van der Waals surface area contributed by atoms with Gasteiger partial charge in [-0.05, 0) is 34.6 Å². The van der Waals surface area contributed by atoms with Crippen molar-refractivity contribution in [2.75, 3.05) is 0 Å². The third-order valence-electron chi connectivity index (χ3n) is 3.82. The van der Waals surface area contributed by atoms with E-state index in [-0.39, 0.29) is 16.5 Å². The number of rotatable bonds is 1. The Morgan fingerprint density at radius 2 is 1.61 bits per heavy atom. The molecule has 23 heavy (non-hydrogen) atoms. The minimum absolute atomic E-state index is 0.0455. The minimum atomic E-state index is -4.51. The lowest BCUT2D eigenvalue weighted by atomic mass is 9.81. The lowest BCUT2D eigenvalue weighted by Gasteiger charge is -2.25. The first-order valence-electron chi connectivity index (χ1n) is 6.85. The molecule has 2 aromatic rings. The summed E-state index contributed by atoms with van der Waals surface area (Å²) in [6.07, 6.45) is 0. The van der Waals surface area contributed by atoms with Crippen LogP contribution in [0.15, 0.2) is 29.2 Å². The Labute approximate surface area is 132 Å². The van der Waals surface area contributed by atoms with Crippen molar-refractivity contribution in [3.63, 3.8) is 0 Å². The summed E-state index contributed by atoms with van der Waals surface area (Å²) in [7, 11) is -4.51. The highest BCUT2D eigenvalue weighted by atomic mass is 32.2. The van der Waals surface area contributed by atoms with Crippen molar-refractivity contribution in [2.45, 2.75) is 31.1 Å². The topological polar surface area (TPSA) is 97.7 Å². The van der Waals surface area contributed by atoms with Gasteiger partial charge < -0.3 is 4.74 Å². The number of carbonyl (C=O) groups is 2. The SMILES string of the molecule is CC(C)(C)c1ccc2c3c(cc(S(=O)(=O)O)cc13)C(=O)OC2=O. The fraction of sp³-hybridized carbons (Fsp3) is 0.250. The number of carbonyl (C=O) groups excluding carboxylic acids is 2. The Hall–Kier alpha value is -2.25. The predicted molar refractivity (Wildman–Crippen MR) is 82.2 cm³/mol. The van der Waals surface area contributed by atoms with E-state index in [0.717, 1.165) is 11.6 Å². The molecule has 0 aromatic heterocycles. The maximum Gasteiger partial charge on any atom is 0.346 e. The van der Waals surface area contributed by atoms with E-state index in [1.165, 1.54) is 6.07 Å². The number of hydrogen-bond acceptors (Lipinski definition) is 5. The van der Waals surface area contributed by atoms with E-state index in [1.54, 1.807) is 12.1 Å². The largest absolute Gasteiger partial charge is 0.386 e. The van der Waals surface area contributed by atoms with Crippen LogP contribution in [0, 0.1) is 0 Å². The zero-order chi connectivity index (χ0) is 17.2. The second kappa shape index (κ2) is 4.62. The number of esters is 2. The van der Waals surface area contributed by atoms with Gasteiger partial charge in [0.05, 0.1) is 16.0 Å². The Morgan fingerprint density at radius 3 is 2.17 bits per heavy atom. The molecule has 1 N–H and O–H groups in total. The molecule has 3 rings (SSSR count). The molecule has 0 radical (unpaired) electrons. The van der Waals surface area contributed by atoms with Crippen molar-refractivity contribution in [3.05, 3.63) is 41.0 Å². The van der Waals surface area contributed by atoms with Crippen LogP contribution in [0.4, 0.5) is 0 Å². The maximum absolute atomic E-state index is 12.0. The molecule has 0 aliphatic carbocycles. The molecule has 0 fully saturated rings. The van der Waals surface area contributed by atoms with E-state index in [2.05, 4.69) is 4.74 Å². The summed E-state index contributed by atoms with van der Waals surface area (Å²) < 4.78 is 37.0. The summed E-state index contributed by atoms with van der Waals surface area (Å²) in [6, 6.07) is 5.58. The van der Waals surface area contributed by atoms with Crippen molar-refractivity contribution < 1.29 is 27.3 Å². The van der Waals surface area contributed by atoms with Crippen LogP contribution in [0.5, 0.6) is 0 Å². The third kappa shape index (κ3) is 2.42. The van der Waals surface area contributed by atoms with Gasteiger partial charge in [0.2, 0.25) is 0 Å². The molecule has 0 spiro atoms. The zero-order valence-corrected chi connectivity index (χ0v) is 13.5. The van der Waals surface area contributed by atoms with Crippen LogP contribution in [-0.4, -0.2) is 24.9 Å². The number of benzene rings is 2. The smallest absolute Gasteiger partial charge is 0.346 e. The molecule has 2 aromatic carbocycles. The van der Waals surface area contributed by atoms with Crippen LogP contribution >= 0.6 is 0 Å². The van der Waals surface area contributed by atoms with Crippen molar-refractivity contribution in [2.24, 2.45) is 0 Å². The number of hydrogen-bond donors (Lipinski definition) is 1. The average molecular weight is 334 g/mol. The highest BCUT2D eigenvalue weighted by molar-refractivity contribution is 7.85. The minimum Gasteiger partial charge on any atom is -0.386 e. The molecule has 0 saturated heterocycles. The van der Waals surface area contributed by atoms with Crippen molar-refractivity contribution >= 4 is 32.8 Å². The molecule has 0 atom stereocenters. The maximum atomic E-state index is 12.0. The third-order valence-corrected chi connectivity index (χ3v) is 4.65. The van der Waals surface area contributed by atoms with Crippen molar-refractivity contribution in [3.8, 4) is 0 Å². The lowest BCUT2D eigenvalue weighted by Crippen LogP contribution is -2.22. The summed E-state index contributed by atoms with van der Waals surface area (Å²) in [5, 5.41) is 0.788. The van der Waals surface area contributed by atoms with Gasteiger partial charge in [0, 0.05) is 5.39 Å².